The minimum absolute atomic E-state index is 0.0147. The molecule has 1 atom stereocenters. The van der Waals surface area contributed by atoms with Crippen molar-refractivity contribution < 1.29 is 19.2 Å². The number of nitro groups is 1. The molecular formula is C12H16N2O5. The van der Waals surface area contributed by atoms with Crippen molar-refractivity contribution in [1.29, 1.82) is 0 Å². The van der Waals surface area contributed by atoms with Crippen LogP contribution in [0.2, 0.25) is 0 Å². The summed E-state index contributed by atoms with van der Waals surface area (Å²) in [6, 6.07) is 3.47. The summed E-state index contributed by atoms with van der Waals surface area (Å²) in [6.07, 6.45) is -0.0147. The van der Waals surface area contributed by atoms with Crippen LogP contribution in [0, 0.1) is 10.1 Å². The summed E-state index contributed by atoms with van der Waals surface area (Å²) in [4.78, 5) is 21.9. The molecule has 0 bridgehead atoms. The van der Waals surface area contributed by atoms with Crippen molar-refractivity contribution in [2.45, 2.75) is 19.4 Å². The van der Waals surface area contributed by atoms with E-state index in [4.69, 9.17) is 15.2 Å². The van der Waals surface area contributed by atoms with Crippen molar-refractivity contribution in [3.05, 3.63) is 33.9 Å². The molecule has 1 aromatic rings. The van der Waals surface area contributed by atoms with Gasteiger partial charge in [-0.05, 0) is 13.0 Å². The van der Waals surface area contributed by atoms with E-state index in [1.54, 1.807) is 13.0 Å². The number of ether oxygens (including phenoxy) is 2. The Morgan fingerprint density at radius 2 is 2.21 bits per heavy atom. The third-order valence-electron chi connectivity index (χ3n) is 2.54. The number of benzene rings is 1. The van der Waals surface area contributed by atoms with Crippen LogP contribution in [-0.4, -0.2) is 30.7 Å². The molecule has 0 saturated carbocycles. The van der Waals surface area contributed by atoms with Crippen molar-refractivity contribution in [3.8, 4) is 5.75 Å². The SMILES string of the molecule is CCOC(=O)C(N)Cc1c(OC)cccc1[N+](=O)[O-]. The summed E-state index contributed by atoms with van der Waals surface area (Å²) in [5, 5.41) is 11.0. The first kappa shape index (κ1) is 14.9. The maximum atomic E-state index is 11.5. The summed E-state index contributed by atoms with van der Waals surface area (Å²) < 4.78 is 9.84. The molecule has 0 spiro atoms. The predicted octanol–water partition coefficient (Wildman–Crippen LogP) is 1.04. The van der Waals surface area contributed by atoms with Gasteiger partial charge in [-0.1, -0.05) is 6.07 Å². The summed E-state index contributed by atoms with van der Waals surface area (Å²) >= 11 is 0. The van der Waals surface area contributed by atoms with E-state index in [9.17, 15) is 14.9 Å². The molecule has 0 radical (unpaired) electrons. The predicted molar refractivity (Wildman–Crippen MR) is 68.0 cm³/mol. The zero-order valence-electron chi connectivity index (χ0n) is 10.8. The molecule has 2 N–H and O–H groups in total. The fourth-order valence-corrected chi connectivity index (χ4v) is 1.67. The lowest BCUT2D eigenvalue weighted by molar-refractivity contribution is -0.385. The average Bonchev–Trinajstić information content (AvgIpc) is 2.38. The number of hydrogen-bond donors (Lipinski definition) is 1. The molecule has 7 nitrogen and oxygen atoms in total. The molecule has 0 aliphatic rings. The molecule has 0 fully saturated rings. The Hall–Kier alpha value is -2.15. The fourth-order valence-electron chi connectivity index (χ4n) is 1.67. The van der Waals surface area contributed by atoms with Gasteiger partial charge in [-0.3, -0.25) is 14.9 Å². The zero-order valence-corrected chi connectivity index (χ0v) is 10.8. The molecule has 0 heterocycles. The molecule has 0 amide bonds. The Bertz CT molecular complexity index is 475. The van der Waals surface area contributed by atoms with Gasteiger partial charge in [0, 0.05) is 12.5 Å². The number of hydrogen-bond acceptors (Lipinski definition) is 6. The second-order valence-electron chi connectivity index (χ2n) is 3.78. The summed E-state index contributed by atoms with van der Waals surface area (Å²) in [5.74, 6) is -0.267. The van der Waals surface area contributed by atoms with Crippen LogP contribution in [0.3, 0.4) is 0 Å². The van der Waals surface area contributed by atoms with E-state index in [0.29, 0.717) is 5.75 Å². The molecule has 1 aromatic carbocycles. The normalized spacial score (nSPS) is 11.7. The lowest BCUT2D eigenvalue weighted by Gasteiger charge is -2.13. The maximum absolute atomic E-state index is 11.5. The Morgan fingerprint density at radius 3 is 2.74 bits per heavy atom. The first-order chi connectivity index (χ1) is 9.01. The Balaban J connectivity index is 3.04. The standard InChI is InChI=1S/C12H16N2O5/c1-3-19-12(15)9(13)7-8-10(14(16)17)5-4-6-11(8)18-2/h4-6,9H,3,7,13H2,1-2H3. The highest BCUT2D eigenvalue weighted by molar-refractivity contribution is 5.76. The molecule has 1 unspecified atom stereocenters. The van der Waals surface area contributed by atoms with Crippen molar-refractivity contribution in [2.75, 3.05) is 13.7 Å². The molecule has 0 aliphatic heterocycles. The number of nitro benzene ring substituents is 1. The van der Waals surface area contributed by atoms with E-state index in [1.165, 1.54) is 19.2 Å². The van der Waals surface area contributed by atoms with Crippen molar-refractivity contribution in [1.82, 2.24) is 0 Å². The lowest BCUT2D eigenvalue weighted by Crippen LogP contribution is -2.34. The largest absolute Gasteiger partial charge is 0.496 e. The number of esters is 1. The number of rotatable bonds is 6. The fraction of sp³-hybridized carbons (Fsp3) is 0.417. The van der Waals surface area contributed by atoms with Crippen LogP contribution < -0.4 is 10.5 Å². The first-order valence-corrected chi connectivity index (χ1v) is 5.73. The summed E-state index contributed by atoms with van der Waals surface area (Å²) in [5.41, 5.74) is 5.84. The average molecular weight is 268 g/mol. The van der Waals surface area contributed by atoms with Gasteiger partial charge in [0.2, 0.25) is 0 Å². The maximum Gasteiger partial charge on any atom is 0.323 e. The Kier molecular flexibility index (Phi) is 5.25. The van der Waals surface area contributed by atoms with Crippen LogP contribution in [0.15, 0.2) is 18.2 Å². The van der Waals surface area contributed by atoms with Crippen molar-refractivity contribution >= 4 is 11.7 Å². The van der Waals surface area contributed by atoms with Gasteiger partial charge in [0.05, 0.1) is 24.2 Å². The molecule has 7 heteroatoms. The monoisotopic (exact) mass is 268 g/mol. The van der Waals surface area contributed by atoms with E-state index in [0.717, 1.165) is 0 Å². The quantitative estimate of drug-likeness (QED) is 0.469. The minimum Gasteiger partial charge on any atom is -0.496 e. The minimum atomic E-state index is -0.963. The first-order valence-electron chi connectivity index (χ1n) is 5.73. The second kappa shape index (κ2) is 6.69. The lowest BCUT2D eigenvalue weighted by atomic mass is 10.0. The van der Waals surface area contributed by atoms with Crippen molar-refractivity contribution in [3.63, 3.8) is 0 Å². The van der Waals surface area contributed by atoms with Gasteiger partial charge >= 0.3 is 5.97 Å². The van der Waals surface area contributed by atoms with Crippen LogP contribution in [0.1, 0.15) is 12.5 Å². The summed E-state index contributed by atoms with van der Waals surface area (Å²) in [6.45, 7) is 1.87. The number of nitrogens with two attached hydrogens (primary N) is 1. The zero-order chi connectivity index (χ0) is 14.4. The van der Waals surface area contributed by atoms with E-state index < -0.39 is 16.9 Å². The molecular weight excluding hydrogens is 252 g/mol. The van der Waals surface area contributed by atoms with Crippen LogP contribution in [-0.2, 0) is 16.0 Å². The van der Waals surface area contributed by atoms with Gasteiger partial charge < -0.3 is 15.2 Å². The number of nitrogens with zero attached hydrogens (tertiary/aromatic N) is 1. The van der Waals surface area contributed by atoms with E-state index >= 15 is 0 Å². The highest BCUT2D eigenvalue weighted by Crippen LogP contribution is 2.29. The molecule has 104 valence electrons. The van der Waals surface area contributed by atoms with E-state index in [-0.39, 0.29) is 24.3 Å². The van der Waals surface area contributed by atoms with Gasteiger partial charge in [0.25, 0.3) is 5.69 Å². The van der Waals surface area contributed by atoms with Gasteiger partial charge in [-0.2, -0.15) is 0 Å². The highest BCUT2D eigenvalue weighted by Gasteiger charge is 2.24. The van der Waals surface area contributed by atoms with Crippen LogP contribution in [0.4, 0.5) is 5.69 Å². The Labute approximate surface area is 110 Å². The smallest absolute Gasteiger partial charge is 0.323 e. The third-order valence-corrected chi connectivity index (χ3v) is 2.54. The van der Waals surface area contributed by atoms with Crippen LogP contribution >= 0.6 is 0 Å². The third kappa shape index (κ3) is 3.65. The molecule has 0 saturated heterocycles. The van der Waals surface area contributed by atoms with E-state index in [2.05, 4.69) is 0 Å². The number of carbonyl (C=O) groups excluding carboxylic acids is 1. The second-order valence-corrected chi connectivity index (χ2v) is 3.78. The number of carbonyl (C=O) groups is 1. The molecule has 0 aliphatic carbocycles. The molecule has 1 rings (SSSR count). The molecule has 19 heavy (non-hydrogen) atoms. The highest BCUT2D eigenvalue weighted by atomic mass is 16.6. The molecule has 0 aromatic heterocycles. The summed E-state index contributed by atoms with van der Waals surface area (Å²) in [7, 11) is 1.40. The van der Waals surface area contributed by atoms with Gasteiger partial charge in [-0.15, -0.1) is 0 Å². The topological polar surface area (TPSA) is 105 Å². The van der Waals surface area contributed by atoms with Gasteiger partial charge in [0.1, 0.15) is 11.8 Å². The number of methoxy groups -OCH3 is 1. The van der Waals surface area contributed by atoms with Crippen molar-refractivity contribution in [2.24, 2.45) is 5.73 Å². The Morgan fingerprint density at radius 1 is 1.53 bits per heavy atom. The van der Waals surface area contributed by atoms with Crippen LogP contribution in [0.5, 0.6) is 5.75 Å². The van der Waals surface area contributed by atoms with Gasteiger partial charge in [-0.25, -0.2) is 0 Å². The van der Waals surface area contributed by atoms with Gasteiger partial charge in [0.15, 0.2) is 0 Å². The van der Waals surface area contributed by atoms with E-state index in [1.807, 2.05) is 0 Å². The van der Waals surface area contributed by atoms with Crippen LogP contribution in [0.25, 0.3) is 0 Å².